The van der Waals surface area contributed by atoms with Crippen LogP contribution in [0.1, 0.15) is 44.7 Å². The maximum atomic E-state index is 12.6. The van der Waals surface area contributed by atoms with E-state index in [-0.39, 0.29) is 24.4 Å². The molecule has 0 fully saturated rings. The number of carboxylic acids is 1. The Morgan fingerprint density at radius 2 is 1.91 bits per heavy atom. The van der Waals surface area contributed by atoms with E-state index in [4.69, 9.17) is 5.11 Å². The molecule has 2 N–H and O–H groups in total. The highest BCUT2D eigenvalue weighted by Crippen LogP contribution is 2.13. The van der Waals surface area contributed by atoms with Crippen LogP contribution >= 0.6 is 0 Å². The van der Waals surface area contributed by atoms with E-state index in [9.17, 15) is 9.59 Å². The predicted octanol–water partition coefficient (Wildman–Crippen LogP) is 3.42. The number of benzene rings is 1. The minimum Gasteiger partial charge on any atom is -0.481 e. The van der Waals surface area contributed by atoms with E-state index in [2.05, 4.69) is 5.32 Å². The van der Waals surface area contributed by atoms with Gasteiger partial charge in [0, 0.05) is 19.1 Å². The lowest BCUT2D eigenvalue weighted by molar-refractivity contribution is -0.137. The van der Waals surface area contributed by atoms with Crippen LogP contribution in [0.15, 0.2) is 24.3 Å². The SMILES string of the molecule is CCCN(Cc1ccccc1C)C(=O)NC(CC(=O)O)C(C)C. The monoisotopic (exact) mass is 320 g/mol. The number of nitrogens with one attached hydrogen (secondary N) is 1. The summed E-state index contributed by atoms with van der Waals surface area (Å²) in [5, 5.41) is 11.9. The number of aliphatic carboxylic acids is 1. The Hall–Kier alpha value is -2.04. The quantitative estimate of drug-likeness (QED) is 0.771. The molecule has 0 aliphatic carbocycles. The molecule has 0 saturated carbocycles. The normalized spacial score (nSPS) is 12.0. The van der Waals surface area contributed by atoms with Crippen molar-refractivity contribution in [2.45, 2.75) is 53.1 Å². The molecule has 0 bridgehead atoms. The third kappa shape index (κ3) is 6.30. The van der Waals surface area contributed by atoms with Gasteiger partial charge < -0.3 is 15.3 Å². The van der Waals surface area contributed by atoms with Crippen LogP contribution in [0, 0.1) is 12.8 Å². The number of rotatable bonds is 8. The van der Waals surface area contributed by atoms with Crippen molar-refractivity contribution < 1.29 is 14.7 Å². The van der Waals surface area contributed by atoms with Crippen molar-refractivity contribution in [3.05, 3.63) is 35.4 Å². The van der Waals surface area contributed by atoms with E-state index < -0.39 is 5.97 Å². The van der Waals surface area contributed by atoms with Crippen molar-refractivity contribution >= 4 is 12.0 Å². The summed E-state index contributed by atoms with van der Waals surface area (Å²) in [6, 6.07) is 7.42. The number of urea groups is 1. The Labute approximate surface area is 138 Å². The van der Waals surface area contributed by atoms with Gasteiger partial charge in [-0.15, -0.1) is 0 Å². The molecule has 0 spiro atoms. The lowest BCUT2D eigenvalue weighted by Gasteiger charge is -2.28. The minimum absolute atomic E-state index is 0.0618. The van der Waals surface area contributed by atoms with Crippen LogP contribution in [0.4, 0.5) is 4.79 Å². The van der Waals surface area contributed by atoms with Gasteiger partial charge >= 0.3 is 12.0 Å². The van der Waals surface area contributed by atoms with Crippen LogP contribution < -0.4 is 5.32 Å². The molecule has 0 heterocycles. The molecule has 0 radical (unpaired) electrons. The second-order valence-electron chi connectivity index (χ2n) is 6.25. The molecule has 0 aliphatic rings. The van der Waals surface area contributed by atoms with Gasteiger partial charge in [0.15, 0.2) is 0 Å². The smallest absolute Gasteiger partial charge is 0.317 e. The van der Waals surface area contributed by atoms with E-state index in [1.807, 2.05) is 52.0 Å². The maximum absolute atomic E-state index is 12.6. The van der Waals surface area contributed by atoms with Crippen molar-refractivity contribution in [3.8, 4) is 0 Å². The lowest BCUT2D eigenvalue weighted by Crippen LogP contribution is -2.47. The van der Waals surface area contributed by atoms with Crippen LogP contribution in [0.25, 0.3) is 0 Å². The molecule has 0 aliphatic heterocycles. The van der Waals surface area contributed by atoms with Gasteiger partial charge in [0.2, 0.25) is 0 Å². The maximum Gasteiger partial charge on any atom is 0.317 e. The molecular formula is C18H28N2O3. The van der Waals surface area contributed by atoms with E-state index in [0.717, 1.165) is 17.5 Å². The van der Waals surface area contributed by atoms with Crippen molar-refractivity contribution in [2.24, 2.45) is 5.92 Å². The van der Waals surface area contributed by atoms with Crippen LogP contribution in [0.3, 0.4) is 0 Å². The summed E-state index contributed by atoms with van der Waals surface area (Å²) < 4.78 is 0. The van der Waals surface area contributed by atoms with E-state index in [0.29, 0.717) is 13.1 Å². The Morgan fingerprint density at radius 1 is 1.26 bits per heavy atom. The number of carboxylic acid groups (broad SMARTS) is 1. The summed E-state index contributed by atoms with van der Waals surface area (Å²) >= 11 is 0. The van der Waals surface area contributed by atoms with Crippen molar-refractivity contribution in [2.75, 3.05) is 6.54 Å². The summed E-state index contributed by atoms with van der Waals surface area (Å²) in [5.41, 5.74) is 2.25. The fraction of sp³-hybridized carbons (Fsp3) is 0.556. The van der Waals surface area contributed by atoms with E-state index in [1.165, 1.54) is 0 Å². The Bertz CT molecular complexity index is 529. The fourth-order valence-electron chi connectivity index (χ4n) is 2.41. The molecule has 0 saturated heterocycles. The van der Waals surface area contributed by atoms with Crippen molar-refractivity contribution in [1.82, 2.24) is 10.2 Å². The summed E-state index contributed by atoms with van der Waals surface area (Å²) in [6.45, 7) is 9.05. The highest BCUT2D eigenvalue weighted by molar-refractivity contribution is 5.76. The highest BCUT2D eigenvalue weighted by atomic mass is 16.4. The zero-order valence-electron chi connectivity index (χ0n) is 14.5. The zero-order chi connectivity index (χ0) is 17.4. The lowest BCUT2D eigenvalue weighted by atomic mass is 10.0. The van der Waals surface area contributed by atoms with E-state index >= 15 is 0 Å². The number of amides is 2. The first-order valence-corrected chi connectivity index (χ1v) is 8.16. The Kier molecular flexibility index (Phi) is 7.59. The van der Waals surface area contributed by atoms with Gasteiger partial charge in [0.05, 0.1) is 6.42 Å². The Morgan fingerprint density at radius 3 is 2.43 bits per heavy atom. The van der Waals surface area contributed by atoms with Crippen molar-refractivity contribution in [3.63, 3.8) is 0 Å². The molecule has 1 aromatic rings. The second-order valence-corrected chi connectivity index (χ2v) is 6.25. The molecule has 23 heavy (non-hydrogen) atoms. The average molecular weight is 320 g/mol. The minimum atomic E-state index is -0.898. The van der Waals surface area contributed by atoms with Crippen LogP contribution in [0.5, 0.6) is 0 Å². The van der Waals surface area contributed by atoms with Gasteiger partial charge in [-0.3, -0.25) is 4.79 Å². The van der Waals surface area contributed by atoms with Gasteiger partial charge in [-0.1, -0.05) is 45.0 Å². The first kappa shape index (κ1) is 19.0. The molecule has 0 aromatic heterocycles. The standard InChI is InChI=1S/C18H28N2O3/c1-5-10-20(12-15-9-7-6-8-14(15)4)18(23)19-16(13(2)3)11-17(21)22/h6-9,13,16H,5,10-12H2,1-4H3,(H,19,23)(H,21,22). The third-order valence-corrected chi connectivity index (χ3v) is 3.91. The topological polar surface area (TPSA) is 69.6 Å². The largest absolute Gasteiger partial charge is 0.481 e. The van der Waals surface area contributed by atoms with Crippen LogP contribution in [-0.2, 0) is 11.3 Å². The number of nitrogens with zero attached hydrogens (tertiary/aromatic N) is 1. The number of aryl methyl sites for hydroxylation is 1. The third-order valence-electron chi connectivity index (χ3n) is 3.91. The van der Waals surface area contributed by atoms with Gasteiger partial charge in [0.25, 0.3) is 0 Å². The summed E-state index contributed by atoms with van der Waals surface area (Å²) in [7, 11) is 0. The predicted molar refractivity (Wildman–Crippen MR) is 91.3 cm³/mol. The molecular weight excluding hydrogens is 292 g/mol. The summed E-state index contributed by atoms with van der Waals surface area (Å²) in [4.78, 5) is 25.3. The number of carbonyl (C=O) groups is 2. The molecule has 128 valence electrons. The zero-order valence-corrected chi connectivity index (χ0v) is 14.5. The summed E-state index contributed by atoms with van der Waals surface area (Å²) in [6.07, 6.45) is 0.790. The first-order valence-electron chi connectivity index (χ1n) is 8.16. The molecule has 2 amide bonds. The van der Waals surface area contributed by atoms with Gasteiger partial charge in [-0.25, -0.2) is 4.79 Å². The van der Waals surface area contributed by atoms with Gasteiger partial charge in [0.1, 0.15) is 0 Å². The van der Waals surface area contributed by atoms with Gasteiger partial charge in [-0.05, 0) is 30.4 Å². The Balaban J connectivity index is 2.81. The first-order chi connectivity index (χ1) is 10.8. The number of hydrogen-bond acceptors (Lipinski definition) is 2. The van der Waals surface area contributed by atoms with Gasteiger partial charge in [-0.2, -0.15) is 0 Å². The fourth-order valence-corrected chi connectivity index (χ4v) is 2.41. The molecule has 1 aromatic carbocycles. The molecule has 1 rings (SSSR count). The summed E-state index contributed by atoms with van der Waals surface area (Å²) in [5.74, 6) is -0.832. The highest BCUT2D eigenvalue weighted by Gasteiger charge is 2.22. The number of carbonyl (C=O) groups excluding carboxylic acids is 1. The van der Waals surface area contributed by atoms with E-state index in [1.54, 1.807) is 4.90 Å². The molecule has 5 heteroatoms. The molecule has 5 nitrogen and oxygen atoms in total. The average Bonchev–Trinajstić information content (AvgIpc) is 2.47. The molecule has 1 unspecified atom stereocenters. The van der Waals surface area contributed by atoms with Crippen LogP contribution in [-0.4, -0.2) is 34.6 Å². The number of hydrogen-bond donors (Lipinski definition) is 2. The second kappa shape index (κ2) is 9.18. The van der Waals surface area contributed by atoms with Crippen molar-refractivity contribution in [1.29, 1.82) is 0 Å². The molecule has 1 atom stereocenters. The van der Waals surface area contributed by atoms with Crippen LogP contribution in [0.2, 0.25) is 0 Å².